The predicted molar refractivity (Wildman–Crippen MR) is 126 cm³/mol. The Balaban J connectivity index is 1.65. The first-order valence-electron chi connectivity index (χ1n) is 10.5. The maximum Gasteiger partial charge on any atom is 0.178 e. The topological polar surface area (TPSA) is 61.8 Å². The van der Waals surface area contributed by atoms with Gasteiger partial charge in [-0.25, -0.2) is 9.97 Å². The van der Waals surface area contributed by atoms with Crippen LogP contribution in [-0.4, -0.2) is 37.5 Å². The first-order chi connectivity index (χ1) is 14.6. The molecule has 156 valence electrons. The highest BCUT2D eigenvalue weighted by atomic mass is 32.1. The van der Waals surface area contributed by atoms with E-state index in [0.717, 1.165) is 58.7 Å². The summed E-state index contributed by atoms with van der Waals surface area (Å²) in [6.07, 6.45) is 1.62. The Morgan fingerprint density at radius 1 is 1.07 bits per heavy atom. The summed E-state index contributed by atoms with van der Waals surface area (Å²) in [5, 5.41) is 4.53. The molecule has 0 radical (unpaired) electrons. The SMILES string of the molecule is CCN(CC)Cc1ccccc1CNc1ncnc2cc3c(cc12)[nH]c(=S)n3CC. The van der Waals surface area contributed by atoms with E-state index in [1.807, 2.05) is 0 Å². The molecule has 0 saturated heterocycles. The van der Waals surface area contributed by atoms with Gasteiger partial charge in [0.1, 0.15) is 12.1 Å². The predicted octanol–water partition coefficient (Wildman–Crippen LogP) is 5.12. The molecule has 2 aromatic heterocycles. The van der Waals surface area contributed by atoms with Gasteiger partial charge in [-0.15, -0.1) is 0 Å². The second-order valence-corrected chi connectivity index (χ2v) is 7.75. The van der Waals surface area contributed by atoms with Crippen molar-refractivity contribution in [2.45, 2.75) is 40.4 Å². The van der Waals surface area contributed by atoms with Gasteiger partial charge in [0.15, 0.2) is 4.77 Å². The fourth-order valence-corrected chi connectivity index (χ4v) is 4.25. The number of aromatic nitrogens is 4. The Labute approximate surface area is 182 Å². The molecule has 2 heterocycles. The van der Waals surface area contributed by atoms with Gasteiger partial charge in [-0.1, -0.05) is 38.1 Å². The van der Waals surface area contributed by atoms with Gasteiger partial charge in [0.05, 0.1) is 16.6 Å². The van der Waals surface area contributed by atoms with Crippen LogP contribution >= 0.6 is 12.2 Å². The Bertz CT molecular complexity index is 1220. The van der Waals surface area contributed by atoms with Gasteiger partial charge in [-0.3, -0.25) is 4.90 Å². The third-order valence-corrected chi connectivity index (χ3v) is 6.02. The number of nitrogens with one attached hydrogen (secondary N) is 2. The van der Waals surface area contributed by atoms with Gasteiger partial charge in [-0.05, 0) is 55.5 Å². The molecule has 0 aliphatic rings. The molecule has 0 spiro atoms. The average Bonchev–Trinajstić information content (AvgIpc) is 3.08. The smallest absolute Gasteiger partial charge is 0.178 e. The number of fused-ring (bicyclic) bond motifs is 2. The van der Waals surface area contributed by atoms with Crippen molar-refractivity contribution in [1.82, 2.24) is 24.4 Å². The average molecular weight is 421 g/mol. The van der Waals surface area contributed by atoms with Gasteiger partial charge in [0.2, 0.25) is 0 Å². The molecular formula is C23H28N6S. The van der Waals surface area contributed by atoms with Crippen molar-refractivity contribution in [2.24, 2.45) is 0 Å². The van der Waals surface area contributed by atoms with Crippen LogP contribution in [0.5, 0.6) is 0 Å². The van der Waals surface area contributed by atoms with Crippen LogP contribution in [0.25, 0.3) is 21.9 Å². The van der Waals surface area contributed by atoms with Gasteiger partial charge >= 0.3 is 0 Å². The molecule has 2 aromatic carbocycles. The number of rotatable bonds is 8. The van der Waals surface area contributed by atoms with E-state index in [4.69, 9.17) is 12.2 Å². The maximum absolute atomic E-state index is 5.46. The Kier molecular flexibility index (Phi) is 6.11. The van der Waals surface area contributed by atoms with E-state index >= 15 is 0 Å². The molecule has 0 aliphatic carbocycles. The van der Waals surface area contributed by atoms with Gasteiger partial charge < -0.3 is 14.9 Å². The fraction of sp³-hybridized carbons (Fsp3) is 0.348. The summed E-state index contributed by atoms with van der Waals surface area (Å²) in [4.78, 5) is 14.7. The molecule has 0 aliphatic heterocycles. The molecule has 4 aromatic rings. The summed E-state index contributed by atoms with van der Waals surface area (Å²) in [6.45, 7) is 11.1. The minimum Gasteiger partial charge on any atom is -0.365 e. The highest BCUT2D eigenvalue weighted by molar-refractivity contribution is 7.71. The van der Waals surface area contributed by atoms with Crippen LogP contribution in [0, 0.1) is 4.77 Å². The molecule has 2 N–H and O–H groups in total. The van der Waals surface area contributed by atoms with E-state index in [2.05, 4.69) is 86.9 Å². The van der Waals surface area contributed by atoms with Gasteiger partial charge in [-0.2, -0.15) is 0 Å². The van der Waals surface area contributed by atoms with Crippen molar-refractivity contribution in [3.8, 4) is 0 Å². The molecule has 0 atom stereocenters. The molecule has 0 fully saturated rings. The number of benzene rings is 2. The molecule has 0 unspecified atom stereocenters. The summed E-state index contributed by atoms with van der Waals surface area (Å²) in [7, 11) is 0. The van der Waals surface area contributed by atoms with Gasteiger partial charge in [0.25, 0.3) is 0 Å². The number of aromatic amines is 1. The zero-order chi connectivity index (χ0) is 21.1. The number of hydrogen-bond donors (Lipinski definition) is 2. The van der Waals surface area contributed by atoms with Crippen molar-refractivity contribution in [3.63, 3.8) is 0 Å². The van der Waals surface area contributed by atoms with E-state index in [1.165, 1.54) is 11.1 Å². The van der Waals surface area contributed by atoms with Crippen LogP contribution in [0.4, 0.5) is 5.82 Å². The van der Waals surface area contributed by atoms with Crippen molar-refractivity contribution in [1.29, 1.82) is 0 Å². The van der Waals surface area contributed by atoms with Crippen LogP contribution in [-0.2, 0) is 19.6 Å². The summed E-state index contributed by atoms with van der Waals surface area (Å²) in [6, 6.07) is 12.8. The van der Waals surface area contributed by atoms with Crippen LogP contribution in [0.1, 0.15) is 31.9 Å². The lowest BCUT2D eigenvalue weighted by Crippen LogP contribution is -2.23. The number of imidazole rings is 1. The molecule has 4 rings (SSSR count). The fourth-order valence-electron chi connectivity index (χ4n) is 3.91. The van der Waals surface area contributed by atoms with Crippen molar-refractivity contribution in [3.05, 3.63) is 58.6 Å². The number of hydrogen-bond acceptors (Lipinski definition) is 5. The van der Waals surface area contributed by atoms with Crippen molar-refractivity contribution >= 4 is 40.0 Å². The van der Waals surface area contributed by atoms with Crippen LogP contribution in [0.15, 0.2) is 42.7 Å². The Hall–Kier alpha value is -2.77. The number of aryl methyl sites for hydroxylation is 1. The second-order valence-electron chi connectivity index (χ2n) is 7.37. The molecule has 0 saturated carbocycles. The highest BCUT2D eigenvalue weighted by Crippen LogP contribution is 2.26. The standard InChI is InChI=1S/C23H28N6S/c1-4-28(5-2)14-17-10-8-7-9-16(17)13-24-22-18-11-20-21(12-19(18)25-15-26-22)29(6-3)23(30)27-20/h7-12,15H,4-6,13-14H2,1-3H3,(H,27,30)(H,24,25,26). The third kappa shape index (κ3) is 3.95. The first-order valence-corrected chi connectivity index (χ1v) is 11.0. The Morgan fingerprint density at radius 2 is 1.83 bits per heavy atom. The molecule has 0 amide bonds. The zero-order valence-electron chi connectivity index (χ0n) is 17.8. The lowest BCUT2D eigenvalue weighted by molar-refractivity contribution is 0.295. The minimum atomic E-state index is 0.716. The van der Waals surface area contributed by atoms with E-state index in [-0.39, 0.29) is 0 Å². The maximum atomic E-state index is 5.46. The molecule has 7 heteroatoms. The number of H-pyrrole nitrogens is 1. The summed E-state index contributed by atoms with van der Waals surface area (Å²) in [5.74, 6) is 0.836. The third-order valence-electron chi connectivity index (χ3n) is 5.70. The van der Waals surface area contributed by atoms with E-state index in [1.54, 1.807) is 6.33 Å². The largest absolute Gasteiger partial charge is 0.365 e. The summed E-state index contributed by atoms with van der Waals surface area (Å²) in [5.41, 5.74) is 5.62. The Morgan fingerprint density at radius 3 is 2.57 bits per heavy atom. The van der Waals surface area contributed by atoms with Crippen LogP contribution < -0.4 is 5.32 Å². The quantitative estimate of drug-likeness (QED) is 0.388. The molecule has 30 heavy (non-hydrogen) atoms. The number of anilines is 1. The van der Waals surface area contributed by atoms with Crippen molar-refractivity contribution < 1.29 is 0 Å². The minimum absolute atomic E-state index is 0.716. The highest BCUT2D eigenvalue weighted by Gasteiger charge is 2.11. The summed E-state index contributed by atoms with van der Waals surface area (Å²) >= 11 is 5.46. The van der Waals surface area contributed by atoms with Crippen molar-refractivity contribution in [2.75, 3.05) is 18.4 Å². The van der Waals surface area contributed by atoms with Crippen LogP contribution in [0.3, 0.4) is 0 Å². The molecular weight excluding hydrogens is 392 g/mol. The summed E-state index contributed by atoms with van der Waals surface area (Å²) < 4.78 is 2.82. The zero-order valence-corrected chi connectivity index (χ0v) is 18.6. The normalized spacial score (nSPS) is 11.6. The lowest BCUT2D eigenvalue weighted by atomic mass is 10.1. The number of nitrogens with zero attached hydrogens (tertiary/aromatic N) is 4. The van der Waals surface area contributed by atoms with Gasteiger partial charge in [0, 0.05) is 25.0 Å². The second kappa shape index (κ2) is 8.93. The lowest BCUT2D eigenvalue weighted by Gasteiger charge is -2.20. The molecule has 0 bridgehead atoms. The monoisotopic (exact) mass is 420 g/mol. The van der Waals surface area contributed by atoms with Crippen LogP contribution in [0.2, 0.25) is 0 Å². The van der Waals surface area contributed by atoms with E-state index in [9.17, 15) is 0 Å². The van der Waals surface area contributed by atoms with E-state index in [0.29, 0.717) is 6.54 Å². The van der Waals surface area contributed by atoms with E-state index < -0.39 is 0 Å². The molecule has 6 nitrogen and oxygen atoms in total. The first kappa shape index (κ1) is 20.5.